The first-order chi connectivity index (χ1) is 12.8. The van der Waals surface area contributed by atoms with Gasteiger partial charge < -0.3 is 14.5 Å². The molecule has 1 unspecified atom stereocenters. The molecule has 0 aromatic carbocycles. The van der Waals surface area contributed by atoms with E-state index in [0.717, 1.165) is 62.5 Å². The van der Waals surface area contributed by atoms with Crippen LogP contribution in [-0.4, -0.2) is 52.1 Å². The number of aromatic nitrogens is 3. The van der Waals surface area contributed by atoms with E-state index in [1.807, 2.05) is 12.3 Å². The topological polar surface area (TPSA) is 54.4 Å². The van der Waals surface area contributed by atoms with Crippen LogP contribution >= 0.6 is 0 Å². The van der Waals surface area contributed by atoms with E-state index in [9.17, 15) is 0 Å². The van der Waals surface area contributed by atoms with Gasteiger partial charge in [0.2, 0.25) is 5.88 Å². The molecule has 1 fully saturated rings. The van der Waals surface area contributed by atoms with E-state index >= 15 is 0 Å². The molecule has 0 aliphatic carbocycles. The number of likely N-dealkylation sites (tertiary alicyclic amines) is 1. The number of nitrogens with zero attached hydrogens (tertiary/aromatic N) is 5. The van der Waals surface area contributed by atoms with E-state index in [2.05, 4.69) is 32.8 Å². The maximum atomic E-state index is 5.90. The van der Waals surface area contributed by atoms with Gasteiger partial charge in [0.1, 0.15) is 5.82 Å². The minimum absolute atomic E-state index is 0.731. The molecular formula is C20H27N5O. The summed E-state index contributed by atoms with van der Waals surface area (Å²) in [6.07, 6.45) is 9.90. The summed E-state index contributed by atoms with van der Waals surface area (Å²) in [6, 6.07) is 4.87. The lowest BCUT2D eigenvalue weighted by Crippen LogP contribution is -2.31. The molecule has 26 heavy (non-hydrogen) atoms. The Bertz CT molecular complexity index is 723. The van der Waals surface area contributed by atoms with E-state index < -0.39 is 0 Å². The van der Waals surface area contributed by atoms with E-state index in [1.165, 1.54) is 24.9 Å². The van der Waals surface area contributed by atoms with Gasteiger partial charge in [-0.2, -0.15) is 0 Å². The summed E-state index contributed by atoms with van der Waals surface area (Å²) in [7, 11) is 0. The largest absolute Gasteiger partial charge is 0.478 e. The number of hydrogen-bond acceptors (Lipinski definition) is 6. The van der Waals surface area contributed by atoms with Gasteiger partial charge in [0.05, 0.1) is 18.5 Å². The third-order valence-electron chi connectivity index (χ3n) is 5.43. The van der Waals surface area contributed by atoms with Gasteiger partial charge in [-0.25, -0.2) is 9.97 Å². The monoisotopic (exact) mass is 353 g/mol. The SMILES string of the molecule is CC1CCCN1CCCOc1ccc2c(n1)CCN(c1cnccn1)C2. The van der Waals surface area contributed by atoms with Gasteiger partial charge in [0.25, 0.3) is 0 Å². The Kier molecular flexibility index (Phi) is 5.29. The van der Waals surface area contributed by atoms with Crippen LogP contribution in [0.3, 0.4) is 0 Å². The smallest absolute Gasteiger partial charge is 0.213 e. The van der Waals surface area contributed by atoms with Crippen LogP contribution in [-0.2, 0) is 13.0 Å². The van der Waals surface area contributed by atoms with Crippen molar-refractivity contribution in [2.75, 3.05) is 31.1 Å². The summed E-state index contributed by atoms with van der Waals surface area (Å²) in [6.45, 7) is 7.16. The molecule has 2 aromatic rings. The maximum Gasteiger partial charge on any atom is 0.213 e. The van der Waals surface area contributed by atoms with E-state index in [-0.39, 0.29) is 0 Å². The zero-order valence-electron chi connectivity index (χ0n) is 15.5. The molecule has 0 saturated carbocycles. The van der Waals surface area contributed by atoms with Crippen LogP contribution in [0.2, 0.25) is 0 Å². The molecule has 2 aliphatic rings. The van der Waals surface area contributed by atoms with Gasteiger partial charge in [0, 0.05) is 50.6 Å². The van der Waals surface area contributed by atoms with Crippen LogP contribution in [0, 0.1) is 0 Å². The Morgan fingerprint density at radius 2 is 2.19 bits per heavy atom. The van der Waals surface area contributed by atoms with Crippen LogP contribution in [0.5, 0.6) is 5.88 Å². The van der Waals surface area contributed by atoms with Crippen molar-refractivity contribution in [1.82, 2.24) is 19.9 Å². The fraction of sp³-hybridized carbons (Fsp3) is 0.550. The molecule has 1 saturated heterocycles. The van der Waals surface area contributed by atoms with Crippen LogP contribution < -0.4 is 9.64 Å². The van der Waals surface area contributed by atoms with E-state index in [1.54, 1.807) is 12.4 Å². The molecule has 6 heteroatoms. The lowest BCUT2D eigenvalue weighted by molar-refractivity contribution is 0.226. The molecule has 4 heterocycles. The minimum Gasteiger partial charge on any atom is -0.478 e. The lowest BCUT2D eigenvalue weighted by atomic mass is 10.1. The molecule has 2 aromatic heterocycles. The first-order valence-electron chi connectivity index (χ1n) is 9.66. The van der Waals surface area contributed by atoms with Crippen molar-refractivity contribution in [2.24, 2.45) is 0 Å². The van der Waals surface area contributed by atoms with Crippen molar-refractivity contribution < 1.29 is 4.74 Å². The second kappa shape index (κ2) is 7.99. The zero-order valence-corrected chi connectivity index (χ0v) is 15.5. The van der Waals surface area contributed by atoms with Crippen LogP contribution in [0.4, 0.5) is 5.82 Å². The van der Waals surface area contributed by atoms with Crippen molar-refractivity contribution in [2.45, 2.75) is 45.2 Å². The number of rotatable bonds is 6. The second-order valence-electron chi connectivity index (χ2n) is 7.22. The minimum atomic E-state index is 0.731. The Balaban J connectivity index is 1.29. The van der Waals surface area contributed by atoms with Gasteiger partial charge >= 0.3 is 0 Å². The molecular weight excluding hydrogens is 326 g/mol. The fourth-order valence-electron chi connectivity index (χ4n) is 3.90. The van der Waals surface area contributed by atoms with Crippen molar-refractivity contribution >= 4 is 5.82 Å². The highest BCUT2D eigenvalue weighted by Crippen LogP contribution is 2.23. The van der Waals surface area contributed by atoms with Crippen molar-refractivity contribution in [3.63, 3.8) is 0 Å². The van der Waals surface area contributed by atoms with Crippen LogP contribution in [0.25, 0.3) is 0 Å². The van der Waals surface area contributed by atoms with E-state index in [0.29, 0.717) is 0 Å². The Morgan fingerprint density at radius 3 is 3.00 bits per heavy atom. The van der Waals surface area contributed by atoms with Gasteiger partial charge in [-0.05, 0) is 38.3 Å². The van der Waals surface area contributed by atoms with Crippen LogP contribution in [0.1, 0.15) is 37.4 Å². The second-order valence-corrected chi connectivity index (χ2v) is 7.22. The first-order valence-corrected chi connectivity index (χ1v) is 9.66. The zero-order chi connectivity index (χ0) is 17.8. The quantitative estimate of drug-likeness (QED) is 0.744. The average Bonchev–Trinajstić information content (AvgIpc) is 3.10. The third kappa shape index (κ3) is 3.96. The molecule has 0 bridgehead atoms. The van der Waals surface area contributed by atoms with Crippen molar-refractivity contribution in [1.29, 1.82) is 0 Å². The van der Waals surface area contributed by atoms with Gasteiger partial charge in [0.15, 0.2) is 0 Å². The molecule has 0 radical (unpaired) electrons. The fourth-order valence-corrected chi connectivity index (χ4v) is 3.90. The third-order valence-corrected chi connectivity index (χ3v) is 5.43. The molecule has 138 valence electrons. The highest BCUT2D eigenvalue weighted by molar-refractivity contribution is 5.41. The highest BCUT2D eigenvalue weighted by Gasteiger charge is 2.20. The summed E-state index contributed by atoms with van der Waals surface area (Å²) >= 11 is 0. The molecule has 1 atom stereocenters. The molecule has 0 amide bonds. The highest BCUT2D eigenvalue weighted by atomic mass is 16.5. The predicted octanol–water partition coefficient (Wildman–Crippen LogP) is 2.69. The van der Waals surface area contributed by atoms with Crippen molar-refractivity contribution in [3.05, 3.63) is 42.0 Å². The number of ether oxygens (including phenoxy) is 1. The summed E-state index contributed by atoms with van der Waals surface area (Å²) < 4.78 is 5.90. The number of fused-ring (bicyclic) bond motifs is 1. The summed E-state index contributed by atoms with van der Waals surface area (Å²) in [5.74, 6) is 1.68. The molecule has 0 spiro atoms. The number of pyridine rings is 1. The Labute approximate surface area is 155 Å². The normalized spacial score (nSPS) is 20.2. The number of anilines is 1. The Hall–Kier alpha value is -2.21. The average molecular weight is 353 g/mol. The van der Waals surface area contributed by atoms with Crippen LogP contribution in [0.15, 0.2) is 30.7 Å². The lowest BCUT2D eigenvalue weighted by Gasteiger charge is -2.29. The Morgan fingerprint density at radius 1 is 1.23 bits per heavy atom. The van der Waals surface area contributed by atoms with Gasteiger partial charge in [-0.1, -0.05) is 6.07 Å². The summed E-state index contributed by atoms with van der Waals surface area (Å²) in [5, 5.41) is 0. The van der Waals surface area contributed by atoms with Gasteiger partial charge in [-0.3, -0.25) is 4.98 Å². The van der Waals surface area contributed by atoms with Gasteiger partial charge in [-0.15, -0.1) is 0 Å². The summed E-state index contributed by atoms with van der Waals surface area (Å²) in [4.78, 5) is 18.1. The standard InChI is InChI=1S/C20H27N5O/c1-16-4-2-10-24(16)11-3-13-26-20-6-5-17-15-25(12-7-18(17)23-20)19-14-21-8-9-22-19/h5-6,8-9,14,16H,2-4,7,10-13,15H2,1H3. The number of hydrogen-bond donors (Lipinski definition) is 0. The molecule has 0 N–H and O–H groups in total. The maximum absolute atomic E-state index is 5.90. The van der Waals surface area contributed by atoms with Crippen molar-refractivity contribution in [3.8, 4) is 5.88 Å². The molecule has 4 rings (SSSR count). The molecule has 6 nitrogen and oxygen atoms in total. The molecule has 2 aliphatic heterocycles. The summed E-state index contributed by atoms with van der Waals surface area (Å²) in [5.41, 5.74) is 2.40. The first kappa shape index (κ1) is 17.2. The van der Waals surface area contributed by atoms with E-state index in [4.69, 9.17) is 9.72 Å². The predicted molar refractivity (Wildman–Crippen MR) is 101 cm³/mol.